The minimum absolute atomic E-state index is 0.735. The van der Waals surface area contributed by atoms with E-state index in [0.717, 1.165) is 12.3 Å². The summed E-state index contributed by atoms with van der Waals surface area (Å²) in [4.78, 5) is 2.53. The van der Waals surface area contributed by atoms with Crippen LogP contribution in [0.25, 0.3) is 0 Å². The van der Waals surface area contributed by atoms with E-state index in [-0.39, 0.29) is 0 Å². The molecular formula is C27H46N2. The van der Waals surface area contributed by atoms with Crippen molar-refractivity contribution in [3.63, 3.8) is 0 Å². The Balaban J connectivity index is 0.00000204. The van der Waals surface area contributed by atoms with Crippen LogP contribution in [0.1, 0.15) is 83.6 Å². The monoisotopic (exact) mass is 398 g/mol. The standard InChI is InChI=1S/C25H40N2.C2H6/c1-21-13-15-25(16-14-21)27-19-17-24(18-20-27)22(2)11-9-7-5-6-8-10-12-23(3)26-4;1-2/h13-16,24,26H,2-3,5-12,17-20H2,1,4H3;1-2H3. The summed E-state index contributed by atoms with van der Waals surface area (Å²) in [6.45, 7) is 16.9. The van der Waals surface area contributed by atoms with Crippen LogP contribution >= 0.6 is 0 Å². The number of piperidine rings is 1. The van der Waals surface area contributed by atoms with Crippen LogP contribution in [-0.2, 0) is 0 Å². The molecule has 0 spiro atoms. The molecule has 1 saturated heterocycles. The van der Waals surface area contributed by atoms with Crippen molar-refractivity contribution in [2.45, 2.75) is 85.0 Å². The van der Waals surface area contributed by atoms with E-state index in [0.29, 0.717) is 0 Å². The molecule has 0 aromatic heterocycles. The fraction of sp³-hybridized carbons (Fsp3) is 0.630. The maximum Gasteiger partial charge on any atom is 0.0366 e. The molecule has 2 rings (SSSR count). The Morgan fingerprint density at radius 1 is 0.897 bits per heavy atom. The van der Waals surface area contributed by atoms with Crippen molar-refractivity contribution >= 4 is 5.69 Å². The fourth-order valence-corrected chi connectivity index (χ4v) is 4.03. The number of hydrogen-bond acceptors (Lipinski definition) is 2. The summed E-state index contributed by atoms with van der Waals surface area (Å²) in [6, 6.07) is 8.97. The van der Waals surface area contributed by atoms with Crippen molar-refractivity contribution in [3.05, 3.63) is 54.3 Å². The highest BCUT2D eigenvalue weighted by molar-refractivity contribution is 5.47. The molecule has 29 heavy (non-hydrogen) atoms. The number of unbranched alkanes of at least 4 members (excludes halogenated alkanes) is 5. The van der Waals surface area contributed by atoms with Crippen molar-refractivity contribution < 1.29 is 0 Å². The molecular weight excluding hydrogens is 352 g/mol. The maximum atomic E-state index is 4.43. The molecule has 1 aliphatic rings. The molecule has 2 nitrogen and oxygen atoms in total. The van der Waals surface area contributed by atoms with Gasteiger partial charge in [-0.25, -0.2) is 0 Å². The van der Waals surface area contributed by atoms with E-state index in [2.05, 4.69) is 54.6 Å². The molecule has 0 unspecified atom stereocenters. The van der Waals surface area contributed by atoms with Gasteiger partial charge in [0.25, 0.3) is 0 Å². The SMILES string of the molecule is C=C(CCCCCCCCC(=C)C1CCN(c2ccc(C)cc2)CC1)NC.CC. The molecule has 1 aromatic rings. The molecule has 0 bridgehead atoms. The molecule has 164 valence electrons. The van der Waals surface area contributed by atoms with Crippen LogP contribution in [-0.4, -0.2) is 20.1 Å². The first-order valence-corrected chi connectivity index (χ1v) is 11.9. The third kappa shape index (κ3) is 10.1. The summed E-state index contributed by atoms with van der Waals surface area (Å²) in [7, 11) is 1.96. The number of anilines is 1. The van der Waals surface area contributed by atoms with Gasteiger partial charge in [-0.3, -0.25) is 0 Å². The number of allylic oxidation sites excluding steroid dienone is 2. The fourth-order valence-electron chi connectivity index (χ4n) is 4.03. The quantitative estimate of drug-likeness (QED) is 0.287. The summed E-state index contributed by atoms with van der Waals surface area (Å²) in [5, 5.41) is 3.13. The van der Waals surface area contributed by atoms with E-state index in [1.54, 1.807) is 0 Å². The van der Waals surface area contributed by atoms with Gasteiger partial charge >= 0.3 is 0 Å². The van der Waals surface area contributed by atoms with Crippen LogP contribution in [0.5, 0.6) is 0 Å². The first-order chi connectivity index (χ1) is 14.1. The van der Waals surface area contributed by atoms with Gasteiger partial charge in [0.15, 0.2) is 0 Å². The number of hydrogen-bond donors (Lipinski definition) is 1. The molecule has 0 atom stereocenters. The van der Waals surface area contributed by atoms with Gasteiger partial charge in [-0.05, 0) is 63.5 Å². The van der Waals surface area contributed by atoms with Gasteiger partial charge in [0.05, 0.1) is 0 Å². The Kier molecular flexibility index (Phi) is 13.3. The molecule has 1 aromatic carbocycles. The Hall–Kier alpha value is -1.70. The van der Waals surface area contributed by atoms with Crippen molar-refractivity contribution in [3.8, 4) is 0 Å². The lowest BCUT2D eigenvalue weighted by atomic mass is 9.87. The highest BCUT2D eigenvalue weighted by Crippen LogP contribution is 2.29. The van der Waals surface area contributed by atoms with E-state index >= 15 is 0 Å². The second-order valence-electron chi connectivity index (χ2n) is 8.23. The summed E-state index contributed by atoms with van der Waals surface area (Å²) < 4.78 is 0. The first kappa shape index (κ1) is 25.3. The zero-order chi connectivity index (χ0) is 21.5. The van der Waals surface area contributed by atoms with E-state index in [1.807, 2.05) is 20.9 Å². The van der Waals surface area contributed by atoms with E-state index in [1.165, 1.54) is 93.4 Å². The average Bonchev–Trinajstić information content (AvgIpc) is 2.77. The normalized spacial score (nSPS) is 14.1. The van der Waals surface area contributed by atoms with Crippen LogP contribution in [0.15, 0.2) is 48.7 Å². The molecule has 1 N–H and O–H groups in total. The highest BCUT2D eigenvalue weighted by atomic mass is 15.1. The molecule has 0 aliphatic carbocycles. The zero-order valence-corrected chi connectivity index (χ0v) is 19.7. The van der Waals surface area contributed by atoms with Crippen molar-refractivity contribution in [2.24, 2.45) is 5.92 Å². The van der Waals surface area contributed by atoms with E-state index < -0.39 is 0 Å². The van der Waals surface area contributed by atoms with Gasteiger partial charge in [-0.2, -0.15) is 0 Å². The van der Waals surface area contributed by atoms with Gasteiger partial charge in [0, 0.05) is 31.5 Å². The summed E-state index contributed by atoms with van der Waals surface area (Å²) in [5.74, 6) is 0.735. The van der Waals surface area contributed by atoms with Gasteiger partial charge in [0.1, 0.15) is 0 Å². The Morgan fingerprint density at radius 2 is 1.41 bits per heavy atom. The number of rotatable bonds is 12. The largest absolute Gasteiger partial charge is 0.392 e. The summed E-state index contributed by atoms with van der Waals surface area (Å²) in [5.41, 5.74) is 5.39. The number of aryl methyl sites for hydroxylation is 1. The number of benzene rings is 1. The minimum Gasteiger partial charge on any atom is -0.392 e. The van der Waals surface area contributed by atoms with Gasteiger partial charge in [-0.1, -0.05) is 76.0 Å². The van der Waals surface area contributed by atoms with Crippen molar-refractivity contribution in [1.82, 2.24) is 5.32 Å². The smallest absolute Gasteiger partial charge is 0.0366 e. The lowest BCUT2D eigenvalue weighted by Crippen LogP contribution is -2.34. The van der Waals surface area contributed by atoms with E-state index in [9.17, 15) is 0 Å². The average molecular weight is 399 g/mol. The van der Waals surface area contributed by atoms with Crippen LogP contribution in [0.4, 0.5) is 5.69 Å². The zero-order valence-electron chi connectivity index (χ0n) is 19.7. The lowest BCUT2D eigenvalue weighted by Gasteiger charge is -2.34. The third-order valence-electron chi connectivity index (χ3n) is 6.05. The molecule has 0 radical (unpaired) electrons. The summed E-state index contributed by atoms with van der Waals surface area (Å²) >= 11 is 0. The van der Waals surface area contributed by atoms with Crippen LogP contribution in [0.3, 0.4) is 0 Å². The predicted molar refractivity (Wildman–Crippen MR) is 132 cm³/mol. The summed E-state index contributed by atoms with van der Waals surface area (Å²) in [6.07, 6.45) is 12.9. The van der Waals surface area contributed by atoms with Gasteiger partial charge in [0.2, 0.25) is 0 Å². The van der Waals surface area contributed by atoms with Crippen LogP contribution in [0, 0.1) is 12.8 Å². The second-order valence-corrected chi connectivity index (χ2v) is 8.23. The van der Waals surface area contributed by atoms with Gasteiger partial charge < -0.3 is 10.2 Å². The molecule has 1 heterocycles. The molecule has 1 aliphatic heterocycles. The van der Waals surface area contributed by atoms with Crippen LogP contribution in [0.2, 0.25) is 0 Å². The molecule has 1 fully saturated rings. The lowest BCUT2D eigenvalue weighted by molar-refractivity contribution is 0.443. The van der Waals surface area contributed by atoms with E-state index in [4.69, 9.17) is 0 Å². The van der Waals surface area contributed by atoms with Crippen molar-refractivity contribution in [1.29, 1.82) is 0 Å². The topological polar surface area (TPSA) is 15.3 Å². The maximum absolute atomic E-state index is 4.43. The predicted octanol–water partition coefficient (Wildman–Crippen LogP) is 7.65. The first-order valence-electron chi connectivity index (χ1n) is 11.9. The number of nitrogens with zero attached hydrogens (tertiary/aromatic N) is 1. The van der Waals surface area contributed by atoms with Crippen LogP contribution < -0.4 is 10.2 Å². The Bertz CT molecular complexity index is 565. The Labute approximate surface area is 181 Å². The van der Waals surface area contributed by atoms with Gasteiger partial charge in [-0.15, -0.1) is 0 Å². The second kappa shape index (κ2) is 15.2. The Morgan fingerprint density at radius 3 is 1.97 bits per heavy atom. The highest BCUT2D eigenvalue weighted by Gasteiger charge is 2.21. The molecule has 0 amide bonds. The third-order valence-corrected chi connectivity index (χ3v) is 6.05. The van der Waals surface area contributed by atoms with Crippen molar-refractivity contribution in [2.75, 3.05) is 25.0 Å². The molecule has 0 saturated carbocycles. The minimum atomic E-state index is 0.735. The molecule has 2 heteroatoms. The number of nitrogens with one attached hydrogen (secondary N) is 1.